The maximum atomic E-state index is 10.4. The summed E-state index contributed by atoms with van der Waals surface area (Å²) in [5.74, 6) is 0.833. The molecule has 0 saturated heterocycles. The van der Waals surface area contributed by atoms with Crippen molar-refractivity contribution in [2.45, 2.75) is 20.8 Å². The van der Waals surface area contributed by atoms with E-state index < -0.39 is 7.91 Å². The maximum absolute atomic E-state index is 10.4. The molecule has 0 aromatic rings. The van der Waals surface area contributed by atoms with Crippen LogP contribution in [-0.2, 0) is 4.57 Å². The molecule has 3 nitrogen and oxygen atoms in total. The Kier molecular flexibility index (Phi) is 6.46. The predicted molar refractivity (Wildman–Crippen MR) is 33.7 cm³/mol. The Labute approximate surface area is 54.2 Å². The van der Waals surface area contributed by atoms with Gasteiger partial charge in [0.05, 0.1) is 0 Å². The summed E-state index contributed by atoms with van der Waals surface area (Å²) in [6.45, 7) is 6.50. The van der Waals surface area contributed by atoms with Crippen LogP contribution in [-0.4, -0.2) is 9.79 Å². The fourth-order valence-corrected chi connectivity index (χ4v) is 0. The molecule has 58 valence electrons. The summed E-state index contributed by atoms with van der Waals surface area (Å²) >= 11 is 0. The highest BCUT2D eigenvalue weighted by Crippen LogP contribution is 2.34. The smallest absolute Gasteiger partial charge is 0.299 e. The fourth-order valence-electron chi connectivity index (χ4n) is 0. The van der Waals surface area contributed by atoms with E-state index in [1.54, 1.807) is 0 Å². The van der Waals surface area contributed by atoms with E-state index >= 15 is 0 Å². The lowest BCUT2D eigenvalue weighted by atomic mass is 10.3. The first-order chi connectivity index (χ1) is 3.73. The first kappa shape index (κ1) is 11.8. The standard InChI is InChI=1S/C4H10.FH2O3P/c1-4(2)3;1-5(2,3)4/h4H,1-3H3;(H2,2,3,4). The second-order valence-electron chi connectivity index (χ2n) is 2.20. The first-order valence-corrected chi connectivity index (χ1v) is 3.99. The van der Waals surface area contributed by atoms with Crippen molar-refractivity contribution in [1.82, 2.24) is 0 Å². The van der Waals surface area contributed by atoms with Crippen molar-refractivity contribution in [3.63, 3.8) is 0 Å². The summed E-state index contributed by atoms with van der Waals surface area (Å²) in [6.07, 6.45) is 0. The van der Waals surface area contributed by atoms with Crippen LogP contribution in [0.2, 0.25) is 0 Å². The zero-order chi connectivity index (χ0) is 8.08. The minimum Gasteiger partial charge on any atom is -0.299 e. The number of hydrogen-bond acceptors (Lipinski definition) is 1. The molecule has 9 heavy (non-hydrogen) atoms. The van der Waals surface area contributed by atoms with Gasteiger partial charge in [0, 0.05) is 0 Å². The van der Waals surface area contributed by atoms with Crippen molar-refractivity contribution < 1.29 is 18.5 Å². The van der Waals surface area contributed by atoms with Crippen molar-refractivity contribution in [3.8, 4) is 0 Å². The summed E-state index contributed by atoms with van der Waals surface area (Å²) in [7, 11) is -5.14. The largest absolute Gasteiger partial charge is 0.507 e. The Morgan fingerprint density at radius 1 is 1.33 bits per heavy atom. The van der Waals surface area contributed by atoms with Gasteiger partial charge in [0.25, 0.3) is 0 Å². The zero-order valence-corrected chi connectivity index (χ0v) is 6.60. The molecular weight excluding hydrogens is 146 g/mol. The quantitative estimate of drug-likeness (QED) is 0.527. The van der Waals surface area contributed by atoms with Crippen LogP contribution < -0.4 is 0 Å². The van der Waals surface area contributed by atoms with Crippen molar-refractivity contribution >= 4 is 7.91 Å². The summed E-state index contributed by atoms with van der Waals surface area (Å²) in [5.41, 5.74) is 0. The van der Waals surface area contributed by atoms with E-state index in [1.165, 1.54) is 0 Å². The Morgan fingerprint density at radius 3 is 1.33 bits per heavy atom. The molecule has 0 saturated carbocycles. The van der Waals surface area contributed by atoms with E-state index in [2.05, 4.69) is 20.8 Å². The third kappa shape index (κ3) is 46700. The molecule has 0 spiro atoms. The molecule has 0 atom stereocenters. The Bertz CT molecular complexity index is 87.0. The van der Waals surface area contributed by atoms with Gasteiger partial charge in [-0.1, -0.05) is 20.8 Å². The molecule has 5 heteroatoms. The molecule has 0 unspecified atom stereocenters. The molecule has 0 aromatic carbocycles. The van der Waals surface area contributed by atoms with Crippen LogP contribution in [0, 0.1) is 5.92 Å². The molecule has 0 radical (unpaired) electrons. The highest BCUT2D eigenvalue weighted by atomic mass is 31.2. The highest BCUT2D eigenvalue weighted by Gasteiger charge is 2.04. The van der Waals surface area contributed by atoms with Crippen molar-refractivity contribution in [1.29, 1.82) is 0 Å². The van der Waals surface area contributed by atoms with E-state index in [0.717, 1.165) is 5.92 Å². The second kappa shape index (κ2) is 4.91. The molecule has 0 aliphatic carbocycles. The Hall–Kier alpha value is 0.0800. The molecule has 0 aromatic heterocycles. The maximum Gasteiger partial charge on any atom is 0.507 e. The van der Waals surface area contributed by atoms with Crippen LogP contribution >= 0.6 is 7.91 Å². The van der Waals surface area contributed by atoms with Gasteiger partial charge in [0.1, 0.15) is 0 Å². The van der Waals surface area contributed by atoms with Crippen LogP contribution in [0.25, 0.3) is 0 Å². The van der Waals surface area contributed by atoms with Gasteiger partial charge in [-0.2, -0.15) is 0 Å². The molecule has 0 heterocycles. The fraction of sp³-hybridized carbons (Fsp3) is 1.00. The van der Waals surface area contributed by atoms with Gasteiger partial charge in [0.15, 0.2) is 0 Å². The van der Waals surface area contributed by atoms with Crippen molar-refractivity contribution in [2.75, 3.05) is 0 Å². The van der Waals surface area contributed by atoms with Crippen molar-refractivity contribution in [3.05, 3.63) is 0 Å². The van der Waals surface area contributed by atoms with E-state index in [9.17, 15) is 4.20 Å². The van der Waals surface area contributed by atoms with E-state index in [4.69, 9.17) is 14.4 Å². The van der Waals surface area contributed by atoms with Gasteiger partial charge in [-0.25, -0.2) is 4.57 Å². The average Bonchev–Trinajstić information content (AvgIpc) is 1.19. The van der Waals surface area contributed by atoms with Gasteiger partial charge >= 0.3 is 7.91 Å². The predicted octanol–water partition coefficient (Wildman–Crippen LogP) is 1.71. The van der Waals surface area contributed by atoms with Gasteiger partial charge in [-0.15, -0.1) is 4.20 Å². The van der Waals surface area contributed by atoms with Crippen LogP contribution in [0.15, 0.2) is 0 Å². The van der Waals surface area contributed by atoms with Crippen LogP contribution in [0.3, 0.4) is 0 Å². The molecule has 2 N–H and O–H groups in total. The van der Waals surface area contributed by atoms with E-state index in [-0.39, 0.29) is 0 Å². The monoisotopic (exact) mass is 158 g/mol. The van der Waals surface area contributed by atoms with Gasteiger partial charge in [-0.3, -0.25) is 9.79 Å². The second-order valence-corrected chi connectivity index (χ2v) is 3.15. The zero-order valence-electron chi connectivity index (χ0n) is 5.71. The van der Waals surface area contributed by atoms with Gasteiger partial charge in [-0.05, 0) is 5.92 Å². The number of halogens is 1. The lowest BCUT2D eigenvalue weighted by Gasteiger charge is -1.79. The van der Waals surface area contributed by atoms with Crippen molar-refractivity contribution in [2.24, 2.45) is 5.92 Å². The summed E-state index contributed by atoms with van der Waals surface area (Å²) in [4.78, 5) is 13.9. The first-order valence-electron chi connectivity index (χ1n) is 2.48. The lowest BCUT2D eigenvalue weighted by molar-refractivity contribution is 0.322. The molecule has 0 aliphatic rings. The van der Waals surface area contributed by atoms with Gasteiger partial charge < -0.3 is 0 Å². The number of rotatable bonds is 0. The summed E-state index contributed by atoms with van der Waals surface area (Å²) < 4.78 is 19.0. The third-order valence-electron chi connectivity index (χ3n) is 0. The topological polar surface area (TPSA) is 57.5 Å². The minimum atomic E-state index is -5.14. The normalized spacial score (nSPS) is 10.6. The van der Waals surface area contributed by atoms with Crippen LogP contribution in [0.4, 0.5) is 4.20 Å². The lowest BCUT2D eigenvalue weighted by Crippen LogP contribution is -1.66. The molecule has 0 fully saturated rings. The molecule has 0 rings (SSSR count). The molecule has 0 amide bonds. The van der Waals surface area contributed by atoms with Crippen LogP contribution in [0.5, 0.6) is 0 Å². The average molecular weight is 158 g/mol. The Morgan fingerprint density at radius 2 is 1.33 bits per heavy atom. The highest BCUT2D eigenvalue weighted by molar-refractivity contribution is 7.45. The number of hydrogen-bond donors (Lipinski definition) is 2. The Balaban J connectivity index is 0. The molecular formula is C4H12FO3P. The SMILES string of the molecule is CC(C)C.O=P(O)(O)F. The van der Waals surface area contributed by atoms with Gasteiger partial charge in [0.2, 0.25) is 0 Å². The van der Waals surface area contributed by atoms with Crippen LogP contribution in [0.1, 0.15) is 20.8 Å². The summed E-state index contributed by atoms with van der Waals surface area (Å²) in [6, 6.07) is 0. The molecule has 0 bridgehead atoms. The summed E-state index contributed by atoms with van der Waals surface area (Å²) in [5, 5.41) is 0. The van der Waals surface area contributed by atoms with E-state index in [0.29, 0.717) is 0 Å². The third-order valence-corrected chi connectivity index (χ3v) is 0. The molecule has 0 aliphatic heterocycles. The van der Waals surface area contributed by atoms with E-state index in [1.807, 2.05) is 0 Å². The minimum absolute atomic E-state index is 0.833.